The molecule has 0 saturated carbocycles. The molecule has 1 N–H and O–H groups in total. The summed E-state index contributed by atoms with van der Waals surface area (Å²) in [5.41, 5.74) is 2.70. The van der Waals surface area contributed by atoms with E-state index in [2.05, 4.69) is 28.3 Å². The lowest BCUT2D eigenvalue weighted by atomic mass is 9.77. The van der Waals surface area contributed by atoms with Gasteiger partial charge in [0.1, 0.15) is 0 Å². The topological polar surface area (TPSA) is 78.7 Å². The van der Waals surface area contributed by atoms with Crippen molar-refractivity contribution >= 4 is 11.9 Å². The average molecular weight is 382 g/mol. The minimum atomic E-state index is -0.857. The van der Waals surface area contributed by atoms with E-state index in [1.54, 1.807) is 11.9 Å². The fourth-order valence-corrected chi connectivity index (χ4v) is 4.82. The summed E-state index contributed by atoms with van der Waals surface area (Å²) in [4.78, 5) is 28.0. The normalized spacial score (nSPS) is 22.1. The van der Waals surface area contributed by atoms with Crippen LogP contribution in [0.5, 0.6) is 0 Å². The van der Waals surface area contributed by atoms with Gasteiger partial charge in [-0.2, -0.15) is 5.10 Å². The molecule has 1 spiro atoms. The number of carboxylic acid groups (broad SMARTS) is 1. The molecule has 1 atom stereocenters. The highest BCUT2D eigenvalue weighted by Gasteiger charge is 2.55. The molecule has 0 unspecified atom stereocenters. The third kappa shape index (κ3) is 3.09. The van der Waals surface area contributed by atoms with Crippen LogP contribution in [0.4, 0.5) is 0 Å². The number of carbonyl (C=O) groups excluding carboxylic acids is 1. The number of aromatic nitrogens is 2. The number of hydrogen-bond donors (Lipinski definition) is 1. The number of amides is 1. The Morgan fingerprint density at radius 2 is 1.89 bits per heavy atom. The van der Waals surface area contributed by atoms with Gasteiger partial charge in [-0.1, -0.05) is 30.3 Å². The van der Waals surface area contributed by atoms with Gasteiger partial charge < -0.3 is 10.0 Å². The van der Waals surface area contributed by atoms with Crippen LogP contribution in [0.15, 0.2) is 36.5 Å². The predicted octanol–water partition coefficient (Wildman–Crippen LogP) is 1.98. The van der Waals surface area contributed by atoms with Crippen LogP contribution in [0.2, 0.25) is 0 Å². The molecule has 1 aromatic heterocycles. The van der Waals surface area contributed by atoms with Crippen LogP contribution in [-0.2, 0) is 23.2 Å². The second-order valence-corrected chi connectivity index (χ2v) is 7.97. The molecule has 2 aromatic rings. The largest absolute Gasteiger partial charge is 0.481 e. The standard InChI is InChI=1S/C21H26N4O3/c1-23-13-16(19(22-23)15-6-4-3-5-7-15)14-25-10-8-21(9-11-25)17(20(27)28)12-18(26)24(21)2/h3-7,13,17H,8-12,14H2,1-2H3,(H,27,28)/t17-/m0/s1. The Hall–Kier alpha value is -2.67. The van der Waals surface area contributed by atoms with Crippen molar-refractivity contribution in [1.29, 1.82) is 0 Å². The molecule has 3 heterocycles. The first-order valence-electron chi connectivity index (χ1n) is 9.70. The number of piperidine rings is 1. The maximum atomic E-state index is 12.2. The Labute approximate surface area is 164 Å². The highest BCUT2D eigenvalue weighted by molar-refractivity contribution is 5.88. The van der Waals surface area contributed by atoms with Gasteiger partial charge in [0.25, 0.3) is 0 Å². The third-order valence-corrected chi connectivity index (χ3v) is 6.44. The number of carboxylic acids is 1. The zero-order chi connectivity index (χ0) is 19.9. The van der Waals surface area contributed by atoms with Crippen LogP contribution in [-0.4, -0.2) is 62.2 Å². The molecule has 148 valence electrons. The van der Waals surface area contributed by atoms with Gasteiger partial charge in [-0.05, 0) is 12.8 Å². The monoisotopic (exact) mass is 382 g/mol. The Kier molecular flexibility index (Phi) is 4.71. The molecule has 0 bridgehead atoms. The molecule has 2 aliphatic rings. The predicted molar refractivity (Wildman–Crippen MR) is 104 cm³/mol. The highest BCUT2D eigenvalue weighted by Crippen LogP contribution is 2.43. The highest BCUT2D eigenvalue weighted by atomic mass is 16.4. The molecule has 2 aliphatic heterocycles. The Balaban J connectivity index is 1.50. The van der Waals surface area contributed by atoms with Crippen molar-refractivity contribution in [2.45, 2.75) is 31.3 Å². The number of benzene rings is 1. The van der Waals surface area contributed by atoms with Crippen molar-refractivity contribution in [2.75, 3.05) is 20.1 Å². The molecular weight excluding hydrogens is 356 g/mol. The lowest BCUT2D eigenvalue weighted by Gasteiger charge is -2.45. The molecule has 7 heteroatoms. The summed E-state index contributed by atoms with van der Waals surface area (Å²) >= 11 is 0. The molecule has 2 saturated heterocycles. The van der Waals surface area contributed by atoms with E-state index in [0.29, 0.717) is 12.8 Å². The zero-order valence-corrected chi connectivity index (χ0v) is 16.3. The summed E-state index contributed by atoms with van der Waals surface area (Å²) in [7, 11) is 3.69. The first-order valence-corrected chi connectivity index (χ1v) is 9.70. The third-order valence-electron chi connectivity index (χ3n) is 6.44. The maximum absolute atomic E-state index is 12.2. The summed E-state index contributed by atoms with van der Waals surface area (Å²) in [6, 6.07) is 10.1. The number of likely N-dealkylation sites (tertiary alicyclic amines) is 2. The molecule has 1 aromatic carbocycles. The van der Waals surface area contributed by atoms with E-state index in [1.165, 1.54) is 0 Å². The summed E-state index contributed by atoms with van der Waals surface area (Å²) in [5.74, 6) is -1.52. The first kappa shape index (κ1) is 18.7. The van der Waals surface area contributed by atoms with Crippen molar-refractivity contribution in [3.63, 3.8) is 0 Å². The SMILES string of the molecule is CN1C(=O)C[C@@H](C(=O)O)C12CCN(Cc1cn(C)nc1-c1ccccc1)CC2. The van der Waals surface area contributed by atoms with Gasteiger partial charge in [0.15, 0.2) is 0 Å². The molecule has 4 rings (SSSR count). The van der Waals surface area contributed by atoms with E-state index in [4.69, 9.17) is 0 Å². The average Bonchev–Trinajstić information content (AvgIpc) is 3.17. The second kappa shape index (κ2) is 7.05. The summed E-state index contributed by atoms with van der Waals surface area (Å²) < 4.78 is 1.84. The number of nitrogens with zero attached hydrogens (tertiary/aromatic N) is 4. The Bertz CT molecular complexity index is 884. The van der Waals surface area contributed by atoms with Crippen LogP contribution in [0, 0.1) is 5.92 Å². The quantitative estimate of drug-likeness (QED) is 0.875. The van der Waals surface area contributed by atoms with E-state index in [0.717, 1.165) is 36.5 Å². The fraction of sp³-hybridized carbons (Fsp3) is 0.476. The first-order chi connectivity index (χ1) is 13.4. The van der Waals surface area contributed by atoms with Crippen molar-refractivity contribution < 1.29 is 14.7 Å². The van der Waals surface area contributed by atoms with Crippen LogP contribution in [0.25, 0.3) is 11.3 Å². The Morgan fingerprint density at radius 3 is 2.54 bits per heavy atom. The van der Waals surface area contributed by atoms with Gasteiger partial charge in [0.05, 0.1) is 17.2 Å². The minimum absolute atomic E-state index is 0.0560. The zero-order valence-electron chi connectivity index (χ0n) is 16.3. The molecule has 1 amide bonds. The minimum Gasteiger partial charge on any atom is -0.481 e. The van der Waals surface area contributed by atoms with E-state index in [9.17, 15) is 14.7 Å². The number of aliphatic carboxylic acids is 1. The number of rotatable bonds is 4. The van der Waals surface area contributed by atoms with Crippen LogP contribution in [0.1, 0.15) is 24.8 Å². The summed E-state index contributed by atoms with van der Waals surface area (Å²) in [6.07, 6.45) is 3.55. The van der Waals surface area contributed by atoms with Gasteiger partial charge >= 0.3 is 5.97 Å². The summed E-state index contributed by atoms with van der Waals surface area (Å²) in [5, 5.41) is 14.3. The van der Waals surface area contributed by atoms with Crippen molar-refractivity contribution in [2.24, 2.45) is 13.0 Å². The number of aryl methyl sites for hydroxylation is 1. The molecule has 0 aliphatic carbocycles. The van der Waals surface area contributed by atoms with Gasteiger partial charge in [0.2, 0.25) is 5.91 Å². The van der Waals surface area contributed by atoms with Crippen LogP contribution >= 0.6 is 0 Å². The molecular formula is C21H26N4O3. The van der Waals surface area contributed by atoms with Crippen molar-refractivity contribution in [3.8, 4) is 11.3 Å². The van der Waals surface area contributed by atoms with Crippen molar-refractivity contribution in [3.05, 3.63) is 42.1 Å². The smallest absolute Gasteiger partial charge is 0.309 e. The van der Waals surface area contributed by atoms with E-state index in [-0.39, 0.29) is 12.3 Å². The van der Waals surface area contributed by atoms with E-state index < -0.39 is 17.4 Å². The van der Waals surface area contributed by atoms with Crippen LogP contribution in [0.3, 0.4) is 0 Å². The lowest BCUT2D eigenvalue weighted by molar-refractivity contribution is -0.146. The van der Waals surface area contributed by atoms with Gasteiger partial charge in [-0.25, -0.2) is 0 Å². The molecule has 28 heavy (non-hydrogen) atoms. The van der Waals surface area contributed by atoms with Crippen LogP contribution < -0.4 is 0 Å². The maximum Gasteiger partial charge on any atom is 0.309 e. The summed E-state index contributed by atoms with van der Waals surface area (Å²) in [6.45, 7) is 2.30. The van der Waals surface area contributed by atoms with Gasteiger partial charge in [0, 0.05) is 57.5 Å². The number of hydrogen-bond acceptors (Lipinski definition) is 4. The van der Waals surface area contributed by atoms with Gasteiger partial charge in [-0.15, -0.1) is 0 Å². The molecule has 2 fully saturated rings. The molecule has 0 radical (unpaired) electrons. The van der Waals surface area contributed by atoms with E-state index in [1.807, 2.05) is 29.9 Å². The number of carbonyl (C=O) groups is 2. The van der Waals surface area contributed by atoms with Crippen molar-refractivity contribution in [1.82, 2.24) is 19.6 Å². The lowest BCUT2D eigenvalue weighted by Crippen LogP contribution is -2.55. The Morgan fingerprint density at radius 1 is 1.21 bits per heavy atom. The van der Waals surface area contributed by atoms with Gasteiger partial charge in [-0.3, -0.25) is 19.2 Å². The fourth-order valence-electron chi connectivity index (χ4n) is 4.82. The second-order valence-electron chi connectivity index (χ2n) is 7.97. The van der Waals surface area contributed by atoms with E-state index >= 15 is 0 Å². The molecule has 7 nitrogen and oxygen atoms in total.